The third-order valence-corrected chi connectivity index (χ3v) is 9.11. The molecule has 8 aromatic rings. The maximum absolute atomic E-state index is 5.38. The van der Waals surface area contributed by atoms with Crippen LogP contribution in [0.1, 0.15) is 11.1 Å². The molecule has 1 heterocycles. The van der Waals surface area contributed by atoms with Crippen molar-refractivity contribution in [1.29, 1.82) is 0 Å². The lowest BCUT2D eigenvalue weighted by molar-refractivity contribution is 1.23. The van der Waals surface area contributed by atoms with Crippen LogP contribution in [0.25, 0.3) is 77.7 Å². The van der Waals surface area contributed by atoms with Gasteiger partial charge >= 0.3 is 0 Å². The van der Waals surface area contributed by atoms with Gasteiger partial charge in [0.1, 0.15) is 0 Å². The van der Waals surface area contributed by atoms with E-state index in [0.29, 0.717) is 0 Å². The van der Waals surface area contributed by atoms with E-state index in [2.05, 4.69) is 158 Å². The molecule has 1 aromatic heterocycles. The Kier molecular flexibility index (Phi) is 5.92. The van der Waals surface area contributed by atoms with Crippen LogP contribution < -0.4 is 0 Å². The second-order valence-electron chi connectivity index (χ2n) is 11.8. The highest BCUT2D eigenvalue weighted by Gasteiger charge is 2.22. The number of fused-ring (bicyclic) bond motifs is 6. The largest absolute Gasteiger partial charge is 0.228 e. The zero-order chi connectivity index (χ0) is 29.7. The van der Waals surface area contributed by atoms with Crippen LogP contribution in [0.5, 0.6) is 0 Å². The number of hydrogen-bond acceptors (Lipinski definition) is 2. The summed E-state index contributed by atoms with van der Waals surface area (Å²) in [6.07, 6.45) is 0.955. The lowest BCUT2D eigenvalue weighted by Gasteiger charge is -2.15. The van der Waals surface area contributed by atoms with Crippen LogP contribution in [0.15, 0.2) is 158 Å². The molecule has 1 aliphatic carbocycles. The summed E-state index contributed by atoms with van der Waals surface area (Å²) in [6, 6.07) is 56.2. The smallest absolute Gasteiger partial charge is 0.160 e. The van der Waals surface area contributed by atoms with Gasteiger partial charge in [-0.3, -0.25) is 0 Å². The van der Waals surface area contributed by atoms with Crippen molar-refractivity contribution in [3.05, 3.63) is 169 Å². The second-order valence-corrected chi connectivity index (χ2v) is 11.8. The minimum Gasteiger partial charge on any atom is -0.228 e. The average Bonchev–Trinajstić information content (AvgIpc) is 3.51. The van der Waals surface area contributed by atoms with Crippen molar-refractivity contribution in [3.8, 4) is 56.0 Å². The van der Waals surface area contributed by atoms with Gasteiger partial charge in [-0.1, -0.05) is 133 Å². The summed E-state index contributed by atoms with van der Waals surface area (Å²) in [5, 5.41) is 3.57. The lowest BCUT2D eigenvalue weighted by Crippen LogP contribution is -1.97. The van der Waals surface area contributed by atoms with Gasteiger partial charge in [-0.05, 0) is 86.0 Å². The maximum Gasteiger partial charge on any atom is 0.160 e. The molecule has 210 valence electrons. The predicted molar refractivity (Wildman–Crippen MR) is 187 cm³/mol. The monoisotopic (exact) mass is 572 g/mol. The van der Waals surface area contributed by atoms with E-state index >= 15 is 0 Å². The number of aromatic nitrogens is 2. The van der Waals surface area contributed by atoms with Crippen LogP contribution in [-0.2, 0) is 6.42 Å². The molecule has 0 saturated carbocycles. The van der Waals surface area contributed by atoms with E-state index in [1.54, 1.807) is 0 Å². The Labute approximate surface area is 262 Å². The summed E-state index contributed by atoms with van der Waals surface area (Å²) in [5.41, 5.74) is 14.1. The van der Waals surface area contributed by atoms with Crippen LogP contribution in [0.4, 0.5) is 0 Å². The molecule has 45 heavy (non-hydrogen) atoms. The highest BCUT2D eigenvalue weighted by Crippen LogP contribution is 2.43. The first-order valence-corrected chi connectivity index (χ1v) is 15.5. The molecule has 0 bridgehead atoms. The van der Waals surface area contributed by atoms with Crippen LogP contribution >= 0.6 is 0 Å². The van der Waals surface area contributed by atoms with Gasteiger partial charge < -0.3 is 0 Å². The minimum atomic E-state index is 0.726. The van der Waals surface area contributed by atoms with Gasteiger partial charge in [0.05, 0.1) is 11.2 Å². The van der Waals surface area contributed by atoms with Gasteiger partial charge in [-0.25, -0.2) is 9.97 Å². The van der Waals surface area contributed by atoms with E-state index in [1.165, 1.54) is 44.2 Å². The molecule has 0 atom stereocenters. The van der Waals surface area contributed by atoms with Gasteiger partial charge in [-0.15, -0.1) is 0 Å². The van der Waals surface area contributed by atoms with E-state index < -0.39 is 0 Å². The van der Waals surface area contributed by atoms with Crippen molar-refractivity contribution in [2.45, 2.75) is 6.42 Å². The second kappa shape index (κ2) is 10.4. The Hall–Kier alpha value is -5.86. The van der Waals surface area contributed by atoms with Crippen LogP contribution in [0.3, 0.4) is 0 Å². The summed E-state index contributed by atoms with van der Waals surface area (Å²) < 4.78 is 0. The highest BCUT2D eigenvalue weighted by atomic mass is 14.9. The zero-order valence-corrected chi connectivity index (χ0v) is 24.6. The van der Waals surface area contributed by atoms with Gasteiger partial charge in [0.15, 0.2) is 5.82 Å². The van der Waals surface area contributed by atoms with E-state index in [1.807, 2.05) is 0 Å². The first-order valence-electron chi connectivity index (χ1n) is 15.5. The van der Waals surface area contributed by atoms with E-state index in [0.717, 1.165) is 51.1 Å². The van der Waals surface area contributed by atoms with Gasteiger partial charge in [0, 0.05) is 16.5 Å². The summed E-state index contributed by atoms with van der Waals surface area (Å²) in [4.78, 5) is 10.5. The zero-order valence-electron chi connectivity index (χ0n) is 24.6. The molecule has 2 nitrogen and oxygen atoms in total. The molecule has 0 N–H and O–H groups in total. The summed E-state index contributed by atoms with van der Waals surface area (Å²) in [5.74, 6) is 0.726. The normalized spacial score (nSPS) is 11.9. The molecular formula is C43H28N2. The lowest BCUT2D eigenvalue weighted by atomic mass is 9.93. The van der Waals surface area contributed by atoms with Crippen molar-refractivity contribution in [3.63, 3.8) is 0 Å². The van der Waals surface area contributed by atoms with Gasteiger partial charge in [0.25, 0.3) is 0 Å². The van der Waals surface area contributed by atoms with Crippen molar-refractivity contribution in [1.82, 2.24) is 9.97 Å². The van der Waals surface area contributed by atoms with E-state index in [9.17, 15) is 0 Å². The van der Waals surface area contributed by atoms with Crippen molar-refractivity contribution < 1.29 is 0 Å². The molecule has 0 spiro atoms. The average molecular weight is 573 g/mol. The Morgan fingerprint density at radius 2 is 1.00 bits per heavy atom. The molecule has 0 unspecified atom stereocenters. The standard InChI is InChI=1S/C43H28N2/c1-3-12-28(13-4-1)31-24-32(29-14-5-2-6-15-29)26-33(25-31)43-44-41-21-10-9-18-39(41)42(45-43)38-20-11-19-35-37(38)23-22-36-34-17-8-7-16-30(34)27-40(35)36/h1-26H,27H2. The molecule has 0 radical (unpaired) electrons. The molecular weight excluding hydrogens is 544 g/mol. The van der Waals surface area contributed by atoms with Crippen LogP contribution in [0, 0.1) is 0 Å². The molecule has 9 rings (SSSR count). The third kappa shape index (κ3) is 4.34. The molecule has 0 amide bonds. The van der Waals surface area contributed by atoms with Gasteiger partial charge in [-0.2, -0.15) is 0 Å². The number of benzene rings is 7. The number of hydrogen-bond donors (Lipinski definition) is 0. The van der Waals surface area contributed by atoms with E-state index in [-0.39, 0.29) is 0 Å². The predicted octanol–water partition coefficient (Wildman–Crippen LogP) is 11.0. The molecule has 0 aliphatic heterocycles. The Morgan fingerprint density at radius 1 is 0.378 bits per heavy atom. The number of nitrogens with zero attached hydrogens (tertiary/aromatic N) is 2. The van der Waals surface area contributed by atoms with Crippen molar-refractivity contribution in [2.24, 2.45) is 0 Å². The van der Waals surface area contributed by atoms with Gasteiger partial charge in [0.2, 0.25) is 0 Å². The number of para-hydroxylation sites is 1. The van der Waals surface area contributed by atoms with Crippen molar-refractivity contribution in [2.75, 3.05) is 0 Å². The molecule has 0 saturated heterocycles. The first kappa shape index (κ1) is 25.6. The highest BCUT2D eigenvalue weighted by molar-refractivity contribution is 6.07. The minimum absolute atomic E-state index is 0.726. The maximum atomic E-state index is 5.38. The SMILES string of the molecule is c1ccc(-c2cc(-c3ccccc3)cc(-c3nc(-c4cccc5c6c(ccc45)-c4ccccc4C6)c4ccccc4n3)c2)cc1. The molecule has 1 aliphatic rings. The quantitative estimate of drug-likeness (QED) is 0.210. The fourth-order valence-electron chi connectivity index (χ4n) is 6.96. The fraction of sp³-hybridized carbons (Fsp3) is 0.0233. The van der Waals surface area contributed by atoms with E-state index in [4.69, 9.17) is 9.97 Å². The Balaban J connectivity index is 1.27. The Bertz CT molecular complexity index is 2330. The summed E-state index contributed by atoms with van der Waals surface area (Å²) in [6.45, 7) is 0. The van der Waals surface area contributed by atoms with Crippen LogP contribution in [0.2, 0.25) is 0 Å². The molecule has 0 fully saturated rings. The van der Waals surface area contributed by atoms with Crippen molar-refractivity contribution >= 4 is 21.7 Å². The third-order valence-electron chi connectivity index (χ3n) is 9.11. The van der Waals surface area contributed by atoms with Crippen LogP contribution in [-0.4, -0.2) is 9.97 Å². The Morgan fingerprint density at radius 3 is 1.78 bits per heavy atom. The topological polar surface area (TPSA) is 25.8 Å². The fourth-order valence-corrected chi connectivity index (χ4v) is 6.96. The summed E-state index contributed by atoms with van der Waals surface area (Å²) in [7, 11) is 0. The first-order chi connectivity index (χ1) is 22.3. The number of rotatable bonds is 4. The molecule has 7 aromatic carbocycles. The summed E-state index contributed by atoms with van der Waals surface area (Å²) >= 11 is 0. The molecule has 2 heteroatoms.